The van der Waals surface area contributed by atoms with Crippen LogP contribution in [0.15, 0.2) is 36.0 Å². The van der Waals surface area contributed by atoms with Crippen molar-refractivity contribution in [2.24, 2.45) is 17.4 Å². The normalized spacial score (nSPS) is 13.9. The minimum Gasteiger partial charge on any atom is -0.402 e. The van der Waals surface area contributed by atoms with E-state index in [9.17, 15) is 13.2 Å². The molecule has 110 valence electrons. The largest absolute Gasteiger partial charge is 0.416 e. The number of rotatable bonds is 3. The summed E-state index contributed by atoms with van der Waals surface area (Å²) in [6.07, 6.45) is -1.28. The molecule has 1 aromatic rings. The number of benzene rings is 1. The molecule has 0 radical (unpaired) electrons. The van der Waals surface area contributed by atoms with Crippen LogP contribution in [0.3, 0.4) is 0 Å². The van der Waals surface area contributed by atoms with Gasteiger partial charge in [0, 0.05) is 17.0 Å². The van der Waals surface area contributed by atoms with E-state index < -0.39 is 11.7 Å². The maximum Gasteiger partial charge on any atom is 0.416 e. The van der Waals surface area contributed by atoms with Crippen molar-refractivity contribution in [3.63, 3.8) is 0 Å². The lowest BCUT2D eigenvalue weighted by atomic mass is 10.1. The summed E-state index contributed by atoms with van der Waals surface area (Å²) in [6, 6.07) is 3.04. The third kappa shape index (κ3) is 4.20. The molecule has 20 heavy (non-hydrogen) atoms. The maximum absolute atomic E-state index is 12.5. The lowest BCUT2D eigenvalue weighted by Crippen LogP contribution is -2.06. The molecule has 0 unspecified atom stereocenters. The first kappa shape index (κ1) is 16.4. The summed E-state index contributed by atoms with van der Waals surface area (Å²) >= 11 is 5.84. The van der Waals surface area contributed by atoms with Crippen LogP contribution in [-0.2, 0) is 6.18 Å². The van der Waals surface area contributed by atoms with Crippen LogP contribution >= 0.6 is 11.6 Å². The Balaban J connectivity index is 3.10. The fourth-order valence-electron chi connectivity index (χ4n) is 1.39. The van der Waals surface area contributed by atoms with Gasteiger partial charge in [0.15, 0.2) is 0 Å². The van der Waals surface area contributed by atoms with Gasteiger partial charge in [-0.25, -0.2) is 0 Å². The van der Waals surface area contributed by atoms with Gasteiger partial charge >= 0.3 is 6.18 Å². The molecule has 0 fully saturated rings. The predicted molar refractivity (Wildman–Crippen MR) is 75.7 cm³/mol. The standard InChI is InChI=1S/C14H16ClF3N2/c1-8(2)12(19)5-6-13(20)10-4-3-9(7-11(10)15)14(16,17)18/h3-8H,19-20H2,1-2H3/b12-5-,13-6-. The number of alkyl halides is 3. The lowest BCUT2D eigenvalue weighted by Gasteiger charge is -2.10. The molecule has 0 saturated heterocycles. The summed E-state index contributed by atoms with van der Waals surface area (Å²) < 4.78 is 37.5. The molecule has 0 amide bonds. The van der Waals surface area contributed by atoms with Crippen LogP contribution < -0.4 is 11.5 Å². The van der Waals surface area contributed by atoms with Gasteiger partial charge in [0.05, 0.1) is 10.6 Å². The summed E-state index contributed by atoms with van der Waals surface area (Å²) in [4.78, 5) is 0. The number of hydrogen-bond acceptors (Lipinski definition) is 2. The first-order chi connectivity index (χ1) is 9.12. The highest BCUT2D eigenvalue weighted by atomic mass is 35.5. The van der Waals surface area contributed by atoms with Gasteiger partial charge in [-0.1, -0.05) is 31.5 Å². The zero-order chi connectivity index (χ0) is 15.5. The van der Waals surface area contributed by atoms with Crippen molar-refractivity contribution in [2.75, 3.05) is 0 Å². The SMILES string of the molecule is CC(C)/C(N)=C/C=C(\N)c1ccc(C(F)(F)F)cc1Cl. The van der Waals surface area contributed by atoms with Crippen molar-refractivity contribution in [3.8, 4) is 0 Å². The maximum atomic E-state index is 12.5. The van der Waals surface area contributed by atoms with E-state index in [0.717, 1.165) is 12.1 Å². The van der Waals surface area contributed by atoms with Gasteiger partial charge in [-0.15, -0.1) is 0 Å². The molecule has 6 heteroatoms. The smallest absolute Gasteiger partial charge is 0.402 e. The highest BCUT2D eigenvalue weighted by molar-refractivity contribution is 6.32. The Kier molecular flexibility index (Phi) is 5.11. The number of allylic oxidation sites excluding steroid dienone is 3. The minimum atomic E-state index is -4.43. The molecular weight excluding hydrogens is 289 g/mol. The van der Waals surface area contributed by atoms with E-state index in [1.807, 2.05) is 13.8 Å². The fraction of sp³-hybridized carbons (Fsp3) is 0.286. The zero-order valence-corrected chi connectivity index (χ0v) is 11.9. The van der Waals surface area contributed by atoms with E-state index in [1.165, 1.54) is 12.1 Å². The second kappa shape index (κ2) is 6.22. The molecule has 2 nitrogen and oxygen atoms in total. The predicted octanol–water partition coefficient (Wildman–Crippen LogP) is 4.16. The van der Waals surface area contributed by atoms with Gasteiger partial charge in [-0.2, -0.15) is 13.2 Å². The van der Waals surface area contributed by atoms with Gasteiger partial charge in [0.2, 0.25) is 0 Å². The Morgan fingerprint density at radius 1 is 1.20 bits per heavy atom. The molecular formula is C14H16ClF3N2. The minimum absolute atomic E-state index is 0.0508. The van der Waals surface area contributed by atoms with Gasteiger partial charge in [0.1, 0.15) is 0 Å². The average molecular weight is 305 g/mol. The highest BCUT2D eigenvalue weighted by Crippen LogP contribution is 2.33. The number of nitrogens with two attached hydrogens (primary N) is 2. The molecule has 0 bridgehead atoms. The number of hydrogen-bond donors (Lipinski definition) is 2. The second-order valence-corrected chi connectivity index (χ2v) is 5.04. The summed E-state index contributed by atoms with van der Waals surface area (Å²) in [5.41, 5.74) is 11.9. The van der Waals surface area contributed by atoms with Crippen molar-refractivity contribution in [2.45, 2.75) is 20.0 Å². The van der Waals surface area contributed by atoms with Gasteiger partial charge in [0.25, 0.3) is 0 Å². The van der Waals surface area contributed by atoms with E-state index in [-0.39, 0.29) is 16.6 Å². The Hall–Kier alpha value is -1.62. The van der Waals surface area contributed by atoms with Crippen molar-refractivity contribution < 1.29 is 13.2 Å². The summed E-state index contributed by atoms with van der Waals surface area (Å²) in [7, 11) is 0. The van der Waals surface area contributed by atoms with Crippen molar-refractivity contribution >= 4 is 17.3 Å². The Labute approximate surface area is 120 Å². The van der Waals surface area contributed by atoms with Gasteiger partial charge < -0.3 is 11.5 Å². The van der Waals surface area contributed by atoms with Crippen molar-refractivity contribution in [3.05, 3.63) is 52.2 Å². The van der Waals surface area contributed by atoms with Crippen LogP contribution in [0, 0.1) is 5.92 Å². The molecule has 0 spiro atoms. The van der Waals surface area contributed by atoms with Gasteiger partial charge in [-0.05, 0) is 30.2 Å². The quantitative estimate of drug-likeness (QED) is 0.824. The third-order valence-electron chi connectivity index (χ3n) is 2.73. The Bertz CT molecular complexity index is 546. The molecule has 0 heterocycles. The van der Waals surface area contributed by atoms with E-state index in [2.05, 4.69) is 0 Å². The van der Waals surface area contributed by atoms with Crippen LogP contribution in [-0.4, -0.2) is 0 Å². The second-order valence-electron chi connectivity index (χ2n) is 4.64. The third-order valence-corrected chi connectivity index (χ3v) is 3.04. The summed E-state index contributed by atoms with van der Waals surface area (Å²) in [5.74, 6) is 0.155. The first-order valence-corrected chi connectivity index (χ1v) is 6.30. The molecule has 0 aromatic heterocycles. The molecule has 0 aliphatic carbocycles. The van der Waals surface area contributed by atoms with E-state index in [0.29, 0.717) is 11.3 Å². The number of halogens is 4. The van der Waals surface area contributed by atoms with Crippen molar-refractivity contribution in [1.29, 1.82) is 0 Å². The molecule has 0 aliphatic heterocycles. The summed E-state index contributed by atoms with van der Waals surface area (Å²) in [5, 5.41) is -0.0508. The molecule has 4 N–H and O–H groups in total. The summed E-state index contributed by atoms with van der Waals surface area (Å²) in [6.45, 7) is 3.84. The first-order valence-electron chi connectivity index (χ1n) is 5.93. The van der Waals surface area contributed by atoms with Crippen LogP contribution in [0.25, 0.3) is 5.70 Å². The van der Waals surface area contributed by atoms with E-state index in [1.54, 1.807) is 6.08 Å². The highest BCUT2D eigenvalue weighted by Gasteiger charge is 2.30. The Morgan fingerprint density at radius 2 is 1.80 bits per heavy atom. The fourth-order valence-corrected chi connectivity index (χ4v) is 1.68. The van der Waals surface area contributed by atoms with Crippen molar-refractivity contribution in [1.82, 2.24) is 0 Å². The van der Waals surface area contributed by atoms with Crippen LogP contribution in [0.1, 0.15) is 25.0 Å². The molecule has 0 aliphatic rings. The lowest BCUT2D eigenvalue weighted by molar-refractivity contribution is -0.137. The van der Waals surface area contributed by atoms with Gasteiger partial charge in [-0.3, -0.25) is 0 Å². The molecule has 0 atom stereocenters. The zero-order valence-electron chi connectivity index (χ0n) is 11.1. The topological polar surface area (TPSA) is 52.0 Å². The average Bonchev–Trinajstić information content (AvgIpc) is 2.34. The Morgan fingerprint density at radius 3 is 2.25 bits per heavy atom. The molecule has 0 saturated carbocycles. The van der Waals surface area contributed by atoms with E-state index in [4.69, 9.17) is 23.1 Å². The van der Waals surface area contributed by atoms with Crippen LogP contribution in [0.4, 0.5) is 13.2 Å². The van der Waals surface area contributed by atoms with E-state index >= 15 is 0 Å². The van der Waals surface area contributed by atoms with Crippen LogP contribution in [0.2, 0.25) is 5.02 Å². The molecule has 1 aromatic carbocycles. The van der Waals surface area contributed by atoms with Crippen LogP contribution in [0.5, 0.6) is 0 Å². The monoisotopic (exact) mass is 304 g/mol. The molecule has 1 rings (SSSR count).